The summed E-state index contributed by atoms with van der Waals surface area (Å²) in [6.45, 7) is 0. The predicted molar refractivity (Wildman–Crippen MR) is 57.5 cm³/mol. The molecule has 1 aromatic heterocycles. The SMILES string of the molecule is COc1sc2ccc(C#N)cc2c1N. The Morgan fingerprint density at radius 2 is 2.29 bits per heavy atom. The van der Waals surface area contributed by atoms with Gasteiger partial charge in [0.05, 0.1) is 24.4 Å². The van der Waals surface area contributed by atoms with E-state index in [0.29, 0.717) is 16.3 Å². The molecule has 70 valence electrons. The van der Waals surface area contributed by atoms with Crippen molar-refractivity contribution in [3.8, 4) is 11.1 Å². The van der Waals surface area contributed by atoms with Crippen molar-refractivity contribution in [1.82, 2.24) is 0 Å². The summed E-state index contributed by atoms with van der Waals surface area (Å²) < 4.78 is 6.15. The highest BCUT2D eigenvalue weighted by atomic mass is 32.1. The van der Waals surface area contributed by atoms with E-state index in [9.17, 15) is 0 Å². The molecule has 2 N–H and O–H groups in total. The molecule has 0 atom stereocenters. The van der Waals surface area contributed by atoms with Crippen molar-refractivity contribution in [3.63, 3.8) is 0 Å². The Kier molecular flexibility index (Phi) is 2.02. The van der Waals surface area contributed by atoms with E-state index >= 15 is 0 Å². The lowest BCUT2D eigenvalue weighted by Gasteiger charge is -1.94. The molecule has 0 unspecified atom stereocenters. The molecule has 14 heavy (non-hydrogen) atoms. The Morgan fingerprint density at radius 3 is 2.93 bits per heavy atom. The van der Waals surface area contributed by atoms with E-state index in [1.165, 1.54) is 11.3 Å². The number of fused-ring (bicyclic) bond motifs is 1. The molecule has 2 aromatic rings. The van der Waals surface area contributed by atoms with Gasteiger partial charge in [0.2, 0.25) is 0 Å². The van der Waals surface area contributed by atoms with Gasteiger partial charge in [-0.05, 0) is 18.2 Å². The van der Waals surface area contributed by atoms with Gasteiger partial charge in [0, 0.05) is 10.1 Å². The molecule has 0 radical (unpaired) electrons. The number of anilines is 1. The van der Waals surface area contributed by atoms with Crippen molar-refractivity contribution in [3.05, 3.63) is 23.8 Å². The van der Waals surface area contributed by atoms with E-state index in [0.717, 1.165) is 10.1 Å². The molecule has 4 heteroatoms. The monoisotopic (exact) mass is 204 g/mol. The number of hydrogen-bond acceptors (Lipinski definition) is 4. The quantitative estimate of drug-likeness (QED) is 0.775. The van der Waals surface area contributed by atoms with Crippen molar-refractivity contribution in [1.29, 1.82) is 5.26 Å². The lowest BCUT2D eigenvalue weighted by atomic mass is 10.2. The Morgan fingerprint density at radius 1 is 1.50 bits per heavy atom. The second kappa shape index (κ2) is 3.20. The minimum Gasteiger partial charge on any atom is -0.486 e. The van der Waals surface area contributed by atoms with Gasteiger partial charge in [-0.25, -0.2) is 0 Å². The van der Waals surface area contributed by atoms with Gasteiger partial charge in [0.1, 0.15) is 0 Å². The highest BCUT2D eigenvalue weighted by Gasteiger charge is 2.09. The highest BCUT2D eigenvalue weighted by Crippen LogP contribution is 2.39. The van der Waals surface area contributed by atoms with Gasteiger partial charge in [-0.15, -0.1) is 0 Å². The number of nitriles is 1. The molecule has 0 aliphatic heterocycles. The summed E-state index contributed by atoms with van der Waals surface area (Å²) >= 11 is 1.49. The van der Waals surface area contributed by atoms with Crippen molar-refractivity contribution >= 4 is 27.1 Å². The zero-order valence-electron chi connectivity index (χ0n) is 7.57. The van der Waals surface area contributed by atoms with E-state index in [2.05, 4.69) is 6.07 Å². The summed E-state index contributed by atoms with van der Waals surface area (Å²) in [5.74, 6) is 0. The minimum atomic E-state index is 0.615. The summed E-state index contributed by atoms with van der Waals surface area (Å²) in [5, 5.41) is 10.3. The first-order chi connectivity index (χ1) is 6.76. The molecule has 0 aliphatic rings. The number of hydrogen-bond donors (Lipinski definition) is 1. The first-order valence-electron chi connectivity index (χ1n) is 4.02. The maximum atomic E-state index is 8.73. The van der Waals surface area contributed by atoms with Crippen LogP contribution in [0.3, 0.4) is 0 Å². The van der Waals surface area contributed by atoms with Crippen LogP contribution in [0.4, 0.5) is 5.69 Å². The first kappa shape index (κ1) is 8.85. The molecule has 0 spiro atoms. The molecule has 0 saturated carbocycles. The molecular formula is C10H8N2OS. The highest BCUT2D eigenvalue weighted by molar-refractivity contribution is 7.21. The lowest BCUT2D eigenvalue weighted by Crippen LogP contribution is -1.87. The number of nitrogens with zero attached hydrogens (tertiary/aromatic N) is 1. The molecular weight excluding hydrogens is 196 g/mol. The van der Waals surface area contributed by atoms with Gasteiger partial charge < -0.3 is 10.5 Å². The molecule has 0 aliphatic carbocycles. The van der Waals surface area contributed by atoms with Crippen LogP contribution < -0.4 is 10.5 Å². The Labute approximate surface area is 85.3 Å². The molecule has 2 rings (SSSR count). The van der Waals surface area contributed by atoms with Crippen LogP contribution in [0.5, 0.6) is 5.06 Å². The minimum absolute atomic E-state index is 0.615. The van der Waals surface area contributed by atoms with E-state index in [4.69, 9.17) is 15.7 Å². The van der Waals surface area contributed by atoms with Gasteiger partial charge in [0.15, 0.2) is 5.06 Å². The van der Waals surface area contributed by atoms with E-state index in [1.54, 1.807) is 19.2 Å². The molecule has 0 amide bonds. The van der Waals surface area contributed by atoms with Crippen molar-refractivity contribution < 1.29 is 4.74 Å². The Bertz CT molecular complexity index is 525. The maximum Gasteiger partial charge on any atom is 0.198 e. The van der Waals surface area contributed by atoms with Gasteiger partial charge in [0.25, 0.3) is 0 Å². The van der Waals surface area contributed by atoms with E-state index in [-0.39, 0.29) is 0 Å². The molecule has 0 bridgehead atoms. The number of thiophene rings is 1. The van der Waals surface area contributed by atoms with Crippen molar-refractivity contribution in [2.24, 2.45) is 0 Å². The van der Waals surface area contributed by atoms with Gasteiger partial charge in [-0.1, -0.05) is 11.3 Å². The van der Waals surface area contributed by atoms with Crippen LogP contribution >= 0.6 is 11.3 Å². The van der Waals surface area contributed by atoms with Crippen LogP contribution in [-0.4, -0.2) is 7.11 Å². The molecule has 1 aromatic carbocycles. The summed E-state index contributed by atoms with van der Waals surface area (Å²) in [7, 11) is 1.59. The fourth-order valence-corrected chi connectivity index (χ4v) is 2.23. The standard InChI is InChI=1S/C10H8N2OS/c1-13-10-9(12)7-4-6(5-11)2-3-8(7)14-10/h2-4H,12H2,1H3. The zero-order chi connectivity index (χ0) is 10.1. The van der Waals surface area contributed by atoms with Crippen LogP contribution in [0.1, 0.15) is 5.56 Å². The number of ether oxygens (including phenoxy) is 1. The number of rotatable bonds is 1. The third-order valence-electron chi connectivity index (χ3n) is 2.01. The van der Waals surface area contributed by atoms with Gasteiger partial charge >= 0.3 is 0 Å². The molecule has 3 nitrogen and oxygen atoms in total. The normalized spacial score (nSPS) is 10.0. The third-order valence-corrected chi connectivity index (χ3v) is 3.15. The van der Waals surface area contributed by atoms with Crippen LogP contribution in [0.2, 0.25) is 0 Å². The third kappa shape index (κ3) is 1.19. The van der Waals surface area contributed by atoms with Crippen LogP contribution in [-0.2, 0) is 0 Å². The average Bonchev–Trinajstić information content (AvgIpc) is 2.55. The fourth-order valence-electron chi connectivity index (χ4n) is 1.32. The fraction of sp³-hybridized carbons (Fsp3) is 0.100. The van der Waals surface area contributed by atoms with Gasteiger partial charge in [-0.3, -0.25) is 0 Å². The maximum absolute atomic E-state index is 8.73. The summed E-state index contributed by atoms with van der Waals surface area (Å²) in [4.78, 5) is 0. The largest absolute Gasteiger partial charge is 0.486 e. The summed E-state index contributed by atoms with van der Waals surface area (Å²) in [6.07, 6.45) is 0. The van der Waals surface area contributed by atoms with Crippen molar-refractivity contribution in [2.45, 2.75) is 0 Å². The van der Waals surface area contributed by atoms with Crippen LogP contribution in [0.25, 0.3) is 10.1 Å². The van der Waals surface area contributed by atoms with Crippen LogP contribution in [0, 0.1) is 11.3 Å². The van der Waals surface area contributed by atoms with Crippen LogP contribution in [0.15, 0.2) is 18.2 Å². The number of nitrogen functional groups attached to an aromatic ring is 1. The lowest BCUT2D eigenvalue weighted by molar-refractivity contribution is 0.429. The first-order valence-corrected chi connectivity index (χ1v) is 4.84. The summed E-state index contributed by atoms with van der Waals surface area (Å²) in [6, 6.07) is 7.53. The van der Waals surface area contributed by atoms with Gasteiger partial charge in [-0.2, -0.15) is 5.26 Å². The molecule has 1 heterocycles. The smallest absolute Gasteiger partial charge is 0.198 e. The average molecular weight is 204 g/mol. The summed E-state index contributed by atoms with van der Waals surface area (Å²) in [5.41, 5.74) is 7.08. The second-order valence-electron chi connectivity index (χ2n) is 2.83. The second-order valence-corrected chi connectivity index (χ2v) is 3.84. The Balaban J connectivity index is 2.75. The Hall–Kier alpha value is -1.73. The zero-order valence-corrected chi connectivity index (χ0v) is 8.39. The number of methoxy groups -OCH3 is 1. The molecule has 0 fully saturated rings. The van der Waals surface area contributed by atoms with E-state index < -0.39 is 0 Å². The van der Waals surface area contributed by atoms with E-state index in [1.807, 2.05) is 6.07 Å². The topological polar surface area (TPSA) is 59.0 Å². The molecule has 0 saturated heterocycles. The van der Waals surface area contributed by atoms with Crippen molar-refractivity contribution in [2.75, 3.05) is 12.8 Å². The number of nitrogens with two attached hydrogens (primary N) is 1. The predicted octanol–water partition coefficient (Wildman–Crippen LogP) is 2.36. The number of benzene rings is 1.